The summed E-state index contributed by atoms with van der Waals surface area (Å²) in [5, 5.41) is 4.90. The molecule has 0 aliphatic carbocycles. The number of nitrogens with one attached hydrogen (secondary N) is 2. The molecule has 3 amide bonds. The fraction of sp³-hybridized carbons (Fsp3) is 0.625. The second-order valence-electron chi connectivity index (χ2n) is 9.46. The summed E-state index contributed by atoms with van der Waals surface area (Å²) in [5.41, 5.74) is 1.26. The molecular formula is C24H33N5O4. The van der Waals surface area contributed by atoms with Gasteiger partial charge in [-0.2, -0.15) is 0 Å². The largest absolute Gasteiger partial charge is 0.370 e. The molecule has 3 aliphatic heterocycles. The van der Waals surface area contributed by atoms with Crippen LogP contribution >= 0.6 is 0 Å². The van der Waals surface area contributed by atoms with Crippen LogP contribution in [0.5, 0.6) is 0 Å². The summed E-state index contributed by atoms with van der Waals surface area (Å²) in [6, 6.07) is 2.89. The monoisotopic (exact) mass is 455 g/mol. The molecule has 0 bridgehead atoms. The molecule has 1 atom stereocenters. The Hall–Kier alpha value is -2.81. The minimum atomic E-state index is -0.702. The number of nitrogens with zero attached hydrogens (tertiary/aromatic N) is 3. The summed E-state index contributed by atoms with van der Waals surface area (Å²) in [6.45, 7) is 5.28. The van der Waals surface area contributed by atoms with Crippen LogP contribution in [0.4, 0.5) is 5.69 Å². The van der Waals surface area contributed by atoms with E-state index in [0.29, 0.717) is 24.7 Å². The van der Waals surface area contributed by atoms with Crippen LogP contribution in [0.15, 0.2) is 18.3 Å². The summed E-state index contributed by atoms with van der Waals surface area (Å²) in [6.07, 6.45) is 8.53. The zero-order valence-electron chi connectivity index (χ0n) is 19.0. The Morgan fingerprint density at radius 1 is 1.06 bits per heavy atom. The van der Waals surface area contributed by atoms with E-state index >= 15 is 0 Å². The van der Waals surface area contributed by atoms with Crippen molar-refractivity contribution in [3.63, 3.8) is 0 Å². The quantitative estimate of drug-likeness (QED) is 0.468. The zero-order valence-corrected chi connectivity index (χ0v) is 19.0. The van der Waals surface area contributed by atoms with Crippen molar-refractivity contribution in [2.24, 2.45) is 11.8 Å². The third-order valence-corrected chi connectivity index (χ3v) is 7.16. The molecule has 0 aromatic carbocycles. The third-order valence-electron chi connectivity index (χ3n) is 7.16. The molecular weight excluding hydrogens is 422 g/mol. The van der Waals surface area contributed by atoms with Gasteiger partial charge in [0.15, 0.2) is 0 Å². The Morgan fingerprint density at radius 2 is 1.79 bits per heavy atom. The molecule has 0 spiro atoms. The predicted octanol–water partition coefficient (Wildman–Crippen LogP) is 1.13. The summed E-state index contributed by atoms with van der Waals surface area (Å²) >= 11 is 0. The van der Waals surface area contributed by atoms with Crippen molar-refractivity contribution in [3.05, 3.63) is 24.0 Å². The van der Waals surface area contributed by atoms with Gasteiger partial charge in [-0.05, 0) is 69.2 Å². The maximum Gasteiger partial charge on any atom is 0.270 e. The van der Waals surface area contributed by atoms with E-state index in [0.717, 1.165) is 70.4 Å². The summed E-state index contributed by atoms with van der Waals surface area (Å²) < 4.78 is 0. The number of amides is 3. The fourth-order valence-electron chi connectivity index (χ4n) is 5.05. The molecule has 33 heavy (non-hydrogen) atoms. The molecule has 9 heteroatoms. The van der Waals surface area contributed by atoms with Gasteiger partial charge in [-0.15, -0.1) is 0 Å². The molecule has 2 N–H and O–H groups in total. The highest BCUT2D eigenvalue weighted by Crippen LogP contribution is 2.26. The van der Waals surface area contributed by atoms with Crippen LogP contribution in [0.1, 0.15) is 55.4 Å². The highest BCUT2D eigenvalue weighted by molar-refractivity contribution is 6.03. The van der Waals surface area contributed by atoms with E-state index in [4.69, 9.17) is 0 Å². The van der Waals surface area contributed by atoms with Crippen LogP contribution in [-0.4, -0.2) is 72.7 Å². The van der Waals surface area contributed by atoms with Gasteiger partial charge in [0.05, 0.1) is 11.9 Å². The second-order valence-corrected chi connectivity index (χ2v) is 9.46. The third kappa shape index (κ3) is 6.16. The van der Waals surface area contributed by atoms with Gasteiger partial charge < -0.3 is 19.9 Å². The van der Waals surface area contributed by atoms with Crippen molar-refractivity contribution in [2.45, 2.75) is 51.0 Å². The molecule has 3 fully saturated rings. The van der Waals surface area contributed by atoms with E-state index < -0.39 is 17.9 Å². The number of pyridine rings is 1. The number of anilines is 1. The van der Waals surface area contributed by atoms with E-state index in [9.17, 15) is 19.2 Å². The highest BCUT2D eigenvalue weighted by atomic mass is 16.2. The Bertz CT molecular complexity index is 858. The van der Waals surface area contributed by atoms with Gasteiger partial charge in [-0.1, -0.05) is 0 Å². The lowest BCUT2D eigenvalue weighted by atomic mass is 9.91. The first kappa shape index (κ1) is 23.4. The number of piperidine rings is 3. The number of carbonyl (C=O) groups is 4. The van der Waals surface area contributed by atoms with Gasteiger partial charge in [0, 0.05) is 32.5 Å². The number of imide groups is 1. The second kappa shape index (κ2) is 10.9. The van der Waals surface area contributed by atoms with E-state index in [1.165, 1.54) is 0 Å². The Morgan fingerprint density at radius 3 is 2.42 bits per heavy atom. The first-order valence-corrected chi connectivity index (χ1v) is 12.0. The van der Waals surface area contributed by atoms with Crippen LogP contribution in [0, 0.1) is 11.8 Å². The van der Waals surface area contributed by atoms with Gasteiger partial charge in [0.25, 0.3) is 5.91 Å². The average molecular weight is 456 g/mol. The highest BCUT2D eigenvalue weighted by Gasteiger charge is 2.29. The molecule has 0 radical (unpaired) electrons. The van der Waals surface area contributed by atoms with E-state index in [1.807, 2.05) is 6.07 Å². The van der Waals surface area contributed by atoms with Gasteiger partial charge in [0.2, 0.25) is 11.8 Å². The van der Waals surface area contributed by atoms with E-state index in [2.05, 4.69) is 25.4 Å². The maximum atomic E-state index is 12.4. The lowest BCUT2D eigenvalue weighted by Crippen LogP contribution is -2.52. The molecule has 4 heterocycles. The van der Waals surface area contributed by atoms with Gasteiger partial charge >= 0.3 is 0 Å². The number of carbonyl (C=O) groups excluding carboxylic acids is 4. The first-order chi connectivity index (χ1) is 16.0. The number of hydrogen-bond donors (Lipinski definition) is 2. The van der Waals surface area contributed by atoms with Gasteiger partial charge in [-0.25, -0.2) is 4.98 Å². The maximum absolute atomic E-state index is 12.4. The van der Waals surface area contributed by atoms with Crippen molar-refractivity contribution < 1.29 is 19.2 Å². The molecule has 4 rings (SSSR count). The van der Waals surface area contributed by atoms with Crippen molar-refractivity contribution in [1.29, 1.82) is 0 Å². The Labute approximate surface area is 194 Å². The average Bonchev–Trinajstić information content (AvgIpc) is 2.83. The van der Waals surface area contributed by atoms with Crippen molar-refractivity contribution in [2.75, 3.05) is 37.6 Å². The van der Waals surface area contributed by atoms with Gasteiger partial charge in [0.1, 0.15) is 18.0 Å². The van der Waals surface area contributed by atoms with Crippen LogP contribution in [0.3, 0.4) is 0 Å². The first-order valence-electron chi connectivity index (χ1n) is 12.0. The van der Waals surface area contributed by atoms with Crippen LogP contribution in [0.25, 0.3) is 0 Å². The van der Waals surface area contributed by atoms with Crippen LogP contribution in [0.2, 0.25) is 0 Å². The Balaban J connectivity index is 1.21. The number of likely N-dealkylation sites (tertiary alicyclic amines) is 1. The van der Waals surface area contributed by atoms with Gasteiger partial charge in [-0.3, -0.25) is 19.7 Å². The van der Waals surface area contributed by atoms with E-state index in [-0.39, 0.29) is 18.0 Å². The molecule has 3 saturated heterocycles. The fourth-order valence-corrected chi connectivity index (χ4v) is 5.05. The summed E-state index contributed by atoms with van der Waals surface area (Å²) in [5.74, 6) is 0.0737. The molecule has 1 aromatic rings. The van der Waals surface area contributed by atoms with Crippen molar-refractivity contribution in [3.8, 4) is 0 Å². The topological polar surface area (TPSA) is 112 Å². The minimum Gasteiger partial charge on any atom is -0.370 e. The van der Waals surface area contributed by atoms with Crippen molar-refractivity contribution in [1.82, 2.24) is 20.5 Å². The summed E-state index contributed by atoms with van der Waals surface area (Å²) in [7, 11) is 0. The molecule has 0 saturated carbocycles. The molecule has 1 unspecified atom stereocenters. The lowest BCUT2D eigenvalue weighted by Gasteiger charge is -2.38. The SMILES string of the molecule is O=CCC1CCN(CC2CCN(c3ccc(C(=O)NC4CCC(=O)NC4=O)nc3)CC2)CC1. The number of aromatic nitrogens is 1. The molecule has 3 aliphatic rings. The number of aldehydes is 1. The standard InChI is InChI=1S/C24H33N5O4/c30-14-9-17-5-10-28(11-6-17)16-18-7-12-29(13-8-18)19-1-2-20(25-15-19)23(32)26-21-3-4-22(31)27-24(21)33/h1-2,14-15,17-18,21H,3-13,16H2,(H,26,32)(H,27,31,33). The molecule has 9 nitrogen and oxygen atoms in total. The normalized spacial score (nSPS) is 23.3. The Kier molecular flexibility index (Phi) is 7.69. The van der Waals surface area contributed by atoms with Crippen molar-refractivity contribution >= 4 is 29.7 Å². The zero-order chi connectivity index (χ0) is 23.2. The minimum absolute atomic E-state index is 0.220. The van der Waals surface area contributed by atoms with Crippen LogP contribution < -0.4 is 15.5 Å². The summed E-state index contributed by atoms with van der Waals surface area (Å²) in [4.78, 5) is 55.4. The smallest absolute Gasteiger partial charge is 0.270 e. The lowest BCUT2D eigenvalue weighted by molar-refractivity contribution is -0.134. The molecule has 1 aromatic heterocycles. The molecule has 178 valence electrons. The predicted molar refractivity (Wildman–Crippen MR) is 123 cm³/mol. The van der Waals surface area contributed by atoms with Crippen LogP contribution in [-0.2, 0) is 14.4 Å². The van der Waals surface area contributed by atoms with E-state index in [1.54, 1.807) is 12.3 Å². The number of hydrogen-bond acceptors (Lipinski definition) is 7. The number of rotatable bonds is 7.